The molecule has 19 heavy (non-hydrogen) atoms. The number of hydrogen-bond acceptors (Lipinski definition) is 3. The third-order valence-electron chi connectivity index (χ3n) is 2.73. The summed E-state index contributed by atoms with van der Waals surface area (Å²) in [5.74, 6) is -0.628. The molecule has 106 valence electrons. The van der Waals surface area contributed by atoms with Crippen LogP contribution in [0.5, 0.6) is 0 Å². The fourth-order valence-corrected chi connectivity index (χ4v) is 2.11. The summed E-state index contributed by atoms with van der Waals surface area (Å²) in [6.07, 6.45) is 1.37. The summed E-state index contributed by atoms with van der Waals surface area (Å²) in [6.45, 7) is 1.98. The van der Waals surface area contributed by atoms with Crippen LogP contribution in [-0.2, 0) is 14.6 Å². The van der Waals surface area contributed by atoms with Crippen LogP contribution in [0.3, 0.4) is 0 Å². The lowest BCUT2D eigenvalue weighted by molar-refractivity contribution is -0.121. The van der Waals surface area contributed by atoms with E-state index in [0.29, 0.717) is 0 Å². The predicted octanol–water partition coefficient (Wildman–Crippen LogP) is 1.48. The van der Waals surface area contributed by atoms with E-state index in [4.69, 9.17) is 0 Å². The number of carbonyl (C=O) groups excluding carboxylic acids is 1. The molecule has 0 spiro atoms. The minimum Gasteiger partial charge on any atom is -0.355 e. The Morgan fingerprint density at radius 2 is 1.89 bits per heavy atom. The molecule has 0 aromatic heterocycles. The van der Waals surface area contributed by atoms with Gasteiger partial charge in [0.2, 0.25) is 5.91 Å². The van der Waals surface area contributed by atoms with E-state index in [1.807, 2.05) is 6.92 Å². The lowest BCUT2D eigenvalue weighted by atomic mass is 9.97. The van der Waals surface area contributed by atoms with Gasteiger partial charge in [-0.05, 0) is 23.6 Å². The highest BCUT2D eigenvalue weighted by molar-refractivity contribution is 7.90. The molecular weight excluding hydrogens is 269 g/mol. The zero-order valence-electron chi connectivity index (χ0n) is 11.0. The highest BCUT2D eigenvalue weighted by Gasteiger charge is 2.11. The zero-order valence-corrected chi connectivity index (χ0v) is 11.8. The summed E-state index contributed by atoms with van der Waals surface area (Å²) in [5.41, 5.74) is 0.875. The molecule has 0 aliphatic carbocycles. The van der Waals surface area contributed by atoms with E-state index in [-0.39, 0.29) is 36.4 Å². The minimum absolute atomic E-state index is 0.0427. The van der Waals surface area contributed by atoms with Crippen LogP contribution in [0, 0.1) is 5.82 Å². The second-order valence-corrected chi connectivity index (χ2v) is 6.90. The van der Waals surface area contributed by atoms with E-state index in [1.165, 1.54) is 12.1 Å². The molecule has 0 bridgehead atoms. The Morgan fingerprint density at radius 1 is 1.32 bits per heavy atom. The smallest absolute Gasteiger partial charge is 0.220 e. The first-order valence-electron chi connectivity index (χ1n) is 5.98. The van der Waals surface area contributed by atoms with Gasteiger partial charge in [0.1, 0.15) is 15.7 Å². The number of nitrogens with one attached hydrogen (secondary N) is 1. The van der Waals surface area contributed by atoms with Crippen LogP contribution >= 0.6 is 0 Å². The Morgan fingerprint density at radius 3 is 2.42 bits per heavy atom. The molecule has 0 saturated carbocycles. The number of hydrogen-bond donors (Lipinski definition) is 1. The van der Waals surface area contributed by atoms with Gasteiger partial charge in [-0.15, -0.1) is 0 Å². The zero-order chi connectivity index (χ0) is 14.5. The number of halogens is 1. The van der Waals surface area contributed by atoms with Crippen LogP contribution in [0.15, 0.2) is 24.3 Å². The molecule has 1 unspecified atom stereocenters. The molecule has 4 nitrogen and oxygen atoms in total. The van der Waals surface area contributed by atoms with Gasteiger partial charge in [0.05, 0.1) is 5.75 Å². The predicted molar refractivity (Wildman–Crippen MR) is 72.2 cm³/mol. The second kappa shape index (κ2) is 6.65. The maximum Gasteiger partial charge on any atom is 0.220 e. The van der Waals surface area contributed by atoms with Crippen molar-refractivity contribution in [2.45, 2.75) is 19.3 Å². The Kier molecular flexibility index (Phi) is 5.47. The average Bonchev–Trinajstić information content (AvgIpc) is 2.27. The van der Waals surface area contributed by atoms with E-state index in [0.717, 1.165) is 11.8 Å². The summed E-state index contributed by atoms with van der Waals surface area (Å²) in [4.78, 5) is 11.6. The highest BCUT2D eigenvalue weighted by atomic mass is 32.2. The molecule has 1 aromatic rings. The highest BCUT2D eigenvalue weighted by Crippen LogP contribution is 2.18. The summed E-state index contributed by atoms with van der Waals surface area (Å²) in [5, 5.41) is 2.56. The van der Waals surface area contributed by atoms with Gasteiger partial charge in [0, 0.05) is 19.2 Å². The molecule has 6 heteroatoms. The molecule has 0 aliphatic rings. The first kappa shape index (κ1) is 15.6. The van der Waals surface area contributed by atoms with Gasteiger partial charge in [0.15, 0.2) is 0 Å². The van der Waals surface area contributed by atoms with Crippen molar-refractivity contribution in [2.75, 3.05) is 18.6 Å². The summed E-state index contributed by atoms with van der Waals surface area (Å²) >= 11 is 0. The lowest BCUT2D eigenvalue weighted by Gasteiger charge is -2.11. The molecule has 0 fully saturated rings. The number of benzene rings is 1. The van der Waals surface area contributed by atoms with Crippen molar-refractivity contribution in [1.29, 1.82) is 0 Å². The molecule has 1 rings (SSSR count). The van der Waals surface area contributed by atoms with Crippen molar-refractivity contribution in [2.24, 2.45) is 0 Å². The number of rotatable bonds is 6. The first-order valence-corrected chi connectivity index (χ1v) is 8.04. The van der Waals surface area contributed by atoms with Gasteiger partial charge in [0.25, 0.3) is 0 Å². The molecule has 0 aliphatic heterocycles. The standard InChI is InChI=1S/C13H18FNO3S/c1-10(11-3-5-12(14)6-4-11)9-13(16)15-7-8-19(2,17)18/h3-6,10H,7-9H2,1-2H3,(H,15,16). The Labute approximate surface area is 112 Å². The summed E-state index contributed by atoms with van der Waals surface area (Å²) in [7, 11) is -3.06. The van der Waals surface area contributed by atoms with Gasteiger partial charge in [-0.2, -0.15) is 0 Å². The number of sulfone groups is 1. The molecular formula is C13H18FNO3S. The average molecular weight is 287 g/mol. The fourth-order valence-electron chi connectivity index (χ4n) is 1.64. The monoisotopic (exact) mass is 287 g/mol. The summed E-state index contributed by atoms with van der Waals surface area (Å²) in [6, 6.07) is 5.99. The molecule has 1 N–H and O–H groups in total. The van der Waals surface area contributed by atoms with Crippen LogP contribution in [-0.4, -0.2) is 32.9 Å². The van der Waals surface area contributed by atoms with Gasteiger partial charge in [-0.3, -0.25) is 4.79 Å². The molecule has 0 saturated heterocycles. The van der Waals surface area contributed by atoms with Crippen molar-refractivity contribution in [3.63, 3.8) is 0 Å². The van der Waals surface area contributed by atoms with Crippen molar-refractivity contribution in [3.8, 4) is 0 Å². The molecule has 1 aromatic carbocycles. The molecule has 1 atom stereocenters. The number of amides is 1. The van der Waals surface area contributed by atoms with Crippen molar-refractivity contribution in [3.05, 3.63) is 35.6 Å². The minimum atomic E-state index is -3.06. The lowest BCUT2D eigenvalue weighted by Crippen LogP contribution is -2.29. The van der Waals surface area contributed by atoms with Crippen molar-refractivity contribution in [1.82, 2.24) is 5.32 Å². The van der Waals surface area contributed by atoms with Gasteiger partial charge < -0.3 is 5.32 Å². The second-order valence-electron chi connectivity index (χ2n) is 4.64. The Bertz CT molecular complexity index is 525. The van der Waals surface area contributed by atoms with Crippen LogP contribution in [0.2, 0.25) is 0 Å². The van der Waals surface area contributed by atoms with Gasteiger partial charge in [-0.1, -0.05) is 19.1 Å². The largest absolute Gasteiger partial charge is 0.355 e. The topological polar surface area (TPSA) is 63.2 Å². The first-order chi connectivity index (χ1) is 8.78. The molecule has 1 amide bonds. The molecule has 0 heterocycles. The maximum absolute atomic E-state index is 12.8. The Balaban J connectivity index is 2.42. The third kappa shape index (κ3) is 6.33. The fraction of sp³-hybridized carbons (Fsp3) is 0.462. The van der Waals surface area contributed by atoms with Crippen LogP contribution in [0.1, 0.15) is 24.8 Å². The Hall–Kier alpha value is -1.43. The van der Waals surface area contributed by atoms with E-state index >= 15 is 0 Å². The summed E-state index contributed by atoms with van der Waals surface area (Å²) < 4.78 is 34.6. The van der Waals surface area contributed by atoms with Gasteiger partial charge >= 0.3 is 0 Å². The van der Waals surface area contributed by atoms with E-state index in [2.05, 4.69) is 5.32 Å². The van der Waals surface area contributed by atoms with Crippen LogP contribution < -0.4 is 5.32 Å². The normalized spacial score (nSPS) is 13.0. The van der Waals surface area contributed by atoms with Crippen LogP contribution in [0.4, 0.5) is 4.39 Å². The maximum atomic E-state index is 12.8. The van der Waals surface area contributed by atoms with E-state index < -0.39 is 9.84 Å². The molecule has 0 radical (unpaired) electrons. The van der Waals surface area contributed by atoms with E-state index in [9.17, 15) is 17.6 Å². The quantitative estimate of drug-likeness (QED) is 0.862. The van der Waals surface area contributed by atoms with Gasteiger partial charge in [-0.25, -0.2) is 12.8 Å². The van der Waals surface area contributed by atoms with Crippen molar-refractivity contribution >= 4 is 15.7 Å². The number of carbonyl (C=O) groups is 1. The van der Waals surface area contributed by atoms with Crippen molar-refractivity contribution < 1.29 is 17.6 Å². The van der Waals surface area contributed by atoms with E-state index in [1.54, 1.807) is 12.1 Å². The SMILES string of the molecule is CC(CC(=O)NCCS(C)(=O)=O)c1ccc(F)cc1. The third-order valence-corrected chi connectivity index (χ3v) is 3.67. The van der Waals surface area contributed by atoms with Crippen LogP contribution in [0.25, 0.3) is 0 Å².